The number of nitriles is 1. The second-order valence-electron chi connectivity index (χ2n) is 6.46. The lowest BCUT2D eigenvalue weighted by atomic mass is 9.80. The zero-order valence-corrected chi connectivity index (χ0v) is 16.9. The molecule has 1 aromatic carbocycles. The number of hydrogen-bond acceptors (Lipinski definition) is 4. The minimum atomic E-state index is -4.56. The zero-order chi connectivity index (χ0) is 20.7. The fraction of sp³-hybridized carbons (Fsp3) is 0.222. The summed E-state index contributed by atoms with van der Waals surface area (Å²) in [5.41, 5.74) is 4.41. The molecular weight excluding hydrogens is 455 g/mol. The van der Waals surface area contributed by atoms with Gasteiger partial charge in [0.25, 0.3) is 0 Å². The molecule has 28 heavy (non-hydrogen) atoms. The molecule has 1 unspecified atom stereocenters. The van der Waals surface area contributed by atoms with E-state index in [1.54, 1.807) is 18.5 Å². The van der Waals surface area contributed by atoms with Gasteiger partial charge in [0, 0.05) is 17.1 Å². The molecule has 144 valence electrons. The van der Waals surface area contributed by atoms with Gasteiger partial charge in [-0.1, -0.05) is 18.3 Å². The molecule has 3 aromatic rings. The second-order valence-corrected chi connectivity index (χ2v) is 7.71. The average Bonchev–Trinajstić information content (AvgIpc) is 3.01. The molecule has 0 aliphatic rings. The van der Waals surface area contributed by atoms with E-state index in [1.807, 2.05) is 0 Å². The third kappa shape index (κ3) is 3.86. The fourth-order valence-electron chi connectivity index (χ4n) is 2.93. The standard InChI is InChI=1S/C18H13BrF3N5S/c1-17(8-23,9-27-7-10-4-15(19)25-6-14(10)26-27)13-5-11(18(20,21)22)2-3-12(13)16(24)28/h2-7H,9H2,1H3,(H2,24,28). The Morgan fingerprint density at radius 2 is 2.07 bits per heavy atom. The molecule has 0 saturated carbocycles. The summed E-state index contributed by atoms with van der Waals surface area (Å²) in [5.74, 6) is 0. The largest absolute Gasteiger partial charge is 0.416 e. The van der Waals surface area contributed by atoms with E-state index in [1.165, 1.54) is 17.7 Å². The SMILES string of the molecule is CC(C#N)(Cn1cc2cc(Br)ncc2n1)c1cc(C(F)(F)F)ccc1C(N)=S. The Hall–Kier alpha value is -2.51. The molecule has 0 aliphatic heterocycles. The maximum absolute atomic E-state index is 13.2. The molecule has 0 fully saturated rings. The van der Waals surface area contributed by atoms with Crippen molar-refractivity contribution in [1.82, 2.24) is 14.8 Å². The Morgan fingerprint density at radius 1 is 1.36 bits per heavy atom. The molecular formula is C18H13BrF3N5S. The van der Waals surface area contributed by atoms with Crippen LogP contribution >= 0.6 is 28.1 Å². The summed E-state index contributed by atoms with van der Waals surface area (Å²) in [4.78, 5) is 4.01. The van der Waals surface area contributed by atoms with Gasteiger partial charge in [0.15, 0.2) is 0 Å². The summed E-state index contributed by atoms with van der Waals surface area (Å²) in [7, 11) is 0. The maximum atomic E-state index is 13.2. The Bertz CT molecular complexity index is 1120. The molecule has 2 heterocycles. The first-order chi connectivity index (χ1) is 13.0. The van der Waals surface area contributed by atoms with Crippen LogP contribution in [0.3, 0.4) is 0 Å². The van der Waals surface area contributed by atoms with Crippen molar-refractivity contribution in [2.45, 2.75) is 25.1 Å². The first-order valence-corrected chi connectivity index (χ1v) is 9.15. The monoisotopic (exact) mass is 467 g/mol. The fourth-order valence-corrected chi connectivity index (χ4v) is 3.46. The van der Waals surface area contributed by atoms with Crippen molar-refractivity contribution in [3.05, 3.63) is 58.0 Å². The zero-order valence-electron chi connectivity index (χ0n) is 14.5. The number of aromatic nitrogens is 3. The number of halogens is 4. The molecule has 0 bridgehead atoms. The predicted molar refractivity (Wildman–Crippen MR) is 106 cm³/mol. The molecule has 3 rings (SSSR count). The molecule has 10 heteroatoms. The maximum Gasteiger partial charge on any atom is 0.416 e. The molecule has 0 aliphatic carbocycles. The van der Waals surface area contributed by atoms with Crippen LogP contribution in [0.15, 0.2) is 41.3 Å². The summed E-state index contributed by atoms with van der Waals surface area (Å²) in [6.45, 7) is 1.54. The minimum absolute atomic E-state index is 0.00667. The van der Waals surface area contributed by atoms with E-state index in [2.05, 4.69) is 32.1 Å². The number of hydrogen-bond donors (Lipinski definition) is 1. The molecule has 0 radical (unpaired) electrons. The van der Waals surface area contributed by atoms with E-state index < -0.39 is 17.2 Å². The van der Waals surface area contributed by atoms with Gasteiger partial charge in [-0.3, -0.25) is 4.68 Å². The summed E-state index contributed by atoms with van der Waals surface area (Å²) >= 11 is 8.26. The van der Waals surface area contributed by atoms with Crippen LogP contribution in [-0.2, 0) is 18.1 Å². The van der Waals surface area contributed by atoms with Crippen molar-refractivity contribution in [2.75, 3.05) is 0 Å². The lowest BCUT2D eigenvalue weighted by molar-refractivity contribution is -0.137. The van der Waals surface area contributed by atoms with Gasteiger partial charge in [0.05, 0.1) is 29.8 Å². The van der Waals surface area contributed by atoms with Gasteiger partial charge in [-0.25, -0.2) is 4.98 Å². The lowest BCUT2D eigenvalue weighted by Gasteiger charge is -2.26. The highest BCUT2D eigenvalue weighted by Crippen LogP contribution is 2.35. The Labute approximate surface area is 172 Å². The average molecular weight is 468 g/mol. The van der Waals surface area contributed by atoms with Crippen LogP contribution in [0.1, 0.15) is 23.6 Å². The van der Waals surface area contributed by atoms with Crippen LogP contribution in [0.2, 0.25) is 0 Å². The molecule has 1 atom stereocenters. The summed E-state index contributed by atoms with van der Waals surface area (Å²) in [6, 6.07) is 6.90. The molecule has 0 spiro atoms. The summed E-state index contributed by atoms with van der Waals surface area (Å²) < 4.78 is 41.8. The first-order valence-electron chi connectivity index (χ1n) is 7.95. The van der Waals surface area contributed by atoms with Crippen molar-refractivity contribution in [2.24, 2.45) is 5.73 Å². The topological polar surface area (TPSA) is 80.5 Å². The Balaban J connectivity index is 2.11. The molecule has 0 saturated heterocycles. The number of nitrogens with two attached hydrogens (primary N) is 1. The highest BCUT2D eigenvalue weighted by atomic mass is 79.9. The number of thiocarbonyl (C=S) groups is 1. The van der Waals surface area contributed by atoms with Crippen molar-refractivity contribution < 1.29 is 13.2 Å². The normalized spacial score (nSPS) is 13.9. The van der Waals surface area contributed by atoms with Crippen LogP contribution in [0, 0.1) is 11.3 Å². The van der Waals surface area contributed by atoms with Gasteiger partial charge >= 0.3 is 6.18 Å². The number of benzene rings is 1. The number of fused-ring (bicyclic) bond motifs is 1. The van der Waals surface area contributed by atoms with Crippen LogP contribution in [0.25, 0.3) is 10.9 Å². The van der Waals surface area contributed by atoms with Gasteiger partial charge in [0.2, 0.25) is 0 Å². The second kappa shape index (κ2) is 7.14. The van der Waals surface area contributed by atoms with E-state index in [4.69, 9.17) is 18.0 Å². The highest BCUT2D eigenvalue weighted by molar-refractivity contribution is 9.10. The van der Waals surface area contributed by atoms with Crippen molar-refractivity contribution in [1.29, 1.82) is 5.26 Å². The number of rotatable bonds is 4. The summed E-state index contributed by atoms with van der Waals surface area (Å²) in [6.07, 6.45) is -1.30. The van der Waals surface area contributed by atoms with Gasteiger partial charge in [-0.15, -0.1) is 0 Å². The molecule has 2 N–H and O–H groups in total. The van der Waals surface area contributed by atoms with Crippen molar-refractivity contribution in [3.8, 4) is 6.07 Å². The molecule has 0 amide bonds. The highest BCUT2D eigenvalue weighted by Gasteiger charge is 2.36. The third-order valence-corrected chi connectivity index (χ3v) is 4.99. The third-order valence-electron chi connectivity index (χ3n) is 4.34. The van der Waals surface area contributed by atoms with E-state index in [9.17, 15) is 18.4 Å². The van der Waals surface area contributed by atoms with Gasteiger partial charge < -0.3 is 5.73 Å². The number of pyridine rings is 1. The van der Waals surface area contributed by atoms with E-state index in [0.29, 0.717) is 10.1 Å². The number of nitrogens with zero attached hydrogens (tertiary/aromatic N) is 4. The molecule has 2 aromatic heterocycles. The lowest BCUT2D eigenvalue weighted by Crippen LogP contribution is -2.30. The smallest absolute Gasteiger partial charge is 0.389 e. The molecule has 5 nitrogen and oxygen atoms in total. The van der Waals surface area contributed by atoms with Gasteiger partial charge in [-0.2, -0.15) is 23.5 Å². The summed E-state index contributed by atoms with van der Waals surface area (Å²) in [5, 5.41) is 15.0. The van der Waals surface area contributed by atoms with E-state index in [0.717, 1.165) is 17.5 Å². The van der Waals surface area contributed by atoms with Crippen molar-refractivity contribution in [3.63, 3.8) is 0 Å². The van der Waals surface area contributed by atoms with Crippen LogP contribution < -0.4 is 5.73 Å². The van der Waals surface area contributed by atoms with Crippen LogP contribution in [0.5, 0.6) is 0 Å². The first kappa shape index (κ1) is 20.2. The van der Waals surface area contributed by atoms with E-state index in [-0.39, 0.29) is 22.7 Å². The quantitative estimate of drug-likeness (QED) is 0.456. The Kier molecular flexibility index (Phi) is 5.16. The van der Waals surface area contributed by atoms with Gasteiger partial charge in [0.1, 0.15) is 15.1 Å². The van der Waals surface area contributed by atoms with E-state index >= 15 is 0 Å². The van der Waals surface area contributed by atoms with Crippen LogP contribution in [0.4, 0.5) is 13.2 Å². The number of alkyl halides is 3. The minimum Gasteiger partial charge on any atom is -0.389 e. The predicted octanol–water partition coefficient (Wildman–Crippen LogP) is 4.33. The van der Waals surface area contributed by atoms with Crippen molar-refractivity contribution >= 4 is 44.0 Å². The van der Waals surface area contributed by atoms with Crippen LogP contribution in [-0.4, -0.2) is 19.8 Å². The Morgan fingerprint density at radius 3 is 2.68 bits per heavy atom. The van der Waals surface area contributed by atoms with Gasteiger partial charge in [-0.05, 0) is 46.6 Å².